The highest BCUT2D eigenvalue weighted by Crippen LogP contribution is 2.24. The van der Waals surface area contributed by atoms with Crippen LogP contribution in [0.15, 0.2) is 65.5 Å². The van der Waals surface area contributed by atoms with Crippen molar-refractivity contribution < 1.29 is 23.5 Å². The molecule has 4 aromatic rings. The van der Waals surface area contributed by atoms with Crippen molar-refractivity contribution >= 4 is 17.8 Å². The summed E-state index contributed by atoms with van der Waals surface area (Å²) >= 11 is 0. The molecule has 36 heavy (non-hydrogen) atoms. The molecular weight excluding hydrogens is 463 g/mol. The lowest BCUT2D eigenvalue weighted by molar-refractivity contribution is -0.139. The van der Waals surface area contributed by atoms with Crippen molar-refractivity contribution in [1.29, 1.82) is 0 Å². The fraction of sp³-hybridized carbons (Fsp3) is 0.222. The molecular formula is C27H27FN4O4. The number of anilines is 1. The first-order valence-electron chi connectivity index (χ1n) is 11.6. The van der Waals surface area contributed by atoms with E-state index in [1.165, 1.54) is 12.1 Å². The Morgan fingerprint density at radius 2 is 1.94 bits per heavy atom. The van der Waals surface area contributed by atoms with Crippen LogP contribution in [0, 0.1) is 12.7 Å². The predicted molar refractivity (Wildman–Crippen MR) is 133 cm³/mol. The Kier molecular flexibility index (Phi) is 7.48. The van der Waals surface area contributed by atoms with E-state index in [9.17, 15) is 19.1 Å². The van der Waals surface area contributed by atoms with Gasteiger partial charge in [0.05, 0.1) is 12.8 Å². The average molecular weight is 491 g/mol. The van der Waals surface area contributed by atoms with Crippen LogP contribution in [0.4, 0.5) is 10.3 Å². The number of aromatic amines is 1. The van der Waals surface area contributed by atoms with Crippen LogP contribution in [0.5, 0.6) is 0 Å². The van der Waals surface area contributed by atoms with Crippen LogP contribution in [0.2, 0.25) is 0 Å². The summed E-state index contributed by atoms with van der Waals surface area (Å²) in [7, 11) is 0. The number of carbonyl (C=O) groups excluding carboxylic acids is 1. The number of carboxylic acids is 1. The second-order valence-corrected chi connectivity index (χ2v) is 8.47. The first kappa shape index (κ1) is 24.7. The highest BCUT2D eigenvalue weighted by atomic mass is 19.1. The van der Waals surface area contributed by atoms with Gasteiger partial charge in [0.1, 0.15) is 17.6 Å². The highest BCUT2D eigenvalue weighted by Gasteiger charge is 2.24. The summed E-state index contributed by atoms with van der Waals surface area (Å²) in [5.74, 6) is -0.704. The van der Waals surface area contributed by atoms with Crippen molar-refractivity contribution in [3.05, 3.63) is 95.0 Å². The Morgan fingerprint density at radius 3 is 2.61 bits per heavy atom. The quantitative estimate of drug-likeness (QED) is 0.255. The fourth-order valence-corrected chi connectivity index (χ4v) is 4.07. The average Bonchev–Trinajstić information content (AvgIpc) is 3.54. The molecule has 2 aromatic carbocycles. The number of benzene rings is 2. The number of aryl methyl sites for hydroxylation is 2. The van der Waals surface area contributed by atoms with Gasteiger partial charge in [-0.1, -0.05) is 31.2 Å². The van der Waals surface area contributed by atoms with Crippen LogP contribution < -0.4 is 10.6 Å². The number of halogens is 1. The molecule has 4 rings (SSSR count). The van der Waals surface area contributed by atoms with Crippen LogP contribution >= 0.6 is 0 Å². The van der Waals surface area contributed by atoms with Crippen molar-refractivity contribution in [3.8, 4) is 11.1 Å². The van der Waals surface area contributed by atoms with Gasteiger partial charge in [0.15, 0.2) is 5.95 Å². The normalized spacial score (nSPS) is 11.8. The number of hydrogen-bond acceptors (Lipinski definition) is 5. The third-order valence-corrected chi connectivity index (χ3v) is 5.90. The number of H-pyrrole nitrogens is 1. The molecule has 0 bridgehead atoms. The number of imidazole rings is 1. The smallest absolute Gasteiger partial charge is 0.326 e. The molecule has 0 radical (unpaired) electrons. The van der Waals surface area contributed by atoms with Gasteiger partial charge in [-0.3, -0.25) is 4.79 Å². The summed E-state index contributed by atoms with van der Waals surface area (Å²) in [5, 5.41) is 15.4. The number of aliphatic carboxylic acids is 1. The number of amides is 1. The molecule has 1 amide bonds. The van der Waals surface area contributed by atoms with Gasteiger partial charge in [0.25, 0.3) is 5.91 Å². The van der Waals surface area contributed by atoms with Gasteiger partial charge < -0.3 is 25.1 Å². The lowest BCUT2D eigenvalue weighted by Crippen LogP contribution is -2.42. The van der Waals surface area contributed by atoms with E-state index >= 15 is 0 Å². The topological polar surface area (TPSA) is 120 Å². The van der Waals surface area contributed by atoms with Gasteiger partial charge in [0.2, 0.25) is 0 Å². The zero-order valence-corrected chi connectivity index (χ0v) is 20.0. The number of hydrogen-bond donors (Lipinski definition) is 4. The fourth-order valence-electron chi connectivity index (χ4n) is 4.07. The minimum atomic E-state index is -1.14. The molecule has 0 aliphatic heterocycles. The monoisotopic (exact) mass is 490 g/mol. The molecule has 0 saturated carbocycles. The summed E-state index contributed by atoms with van der Waals surface area (Å²) in [6.45, 7) is 3.93. The van der Waals surface area contributed by atoms with E-state index < -0.39 is 23.7 Å². The second-order valence-electron chi connectivity index (χ2n) is 8.47. The first-order valence-corrected chi connectivity index (χ1v) is 11.6. The maximum absolute atomic E-state index is 13.8. The number of nitrogens with zero attached hydrogens (tertiary/aromatic N) is 1. The van der Waals surface area contributed by atoms with E-state index in [0.29, 0.717) is 35.6 Å². The molecule has 1 unspecified atom stereocenters. The minimum absolute atomic E-state index is 0.104. The summed E-state index contributed by atoms with van der Waals surface area (Å²) in [4.78, 5) is 31.9. The number of carboxylic acid groups (broad SMARTS) is 1. The van der Waals surface area contributed by atoms with Crippen molar-refractivity contribution in [2.45, 2.75) is 39.3 Å². The summed E-state index contributed by atoms with van der Waals surface area (Å²) in [6.07, 6.45) is 5.60. The number of rotatable bonds is 10. The number of aromatic nitrogens is 2. The molecule has 0 saturated heterocycles. The molecule has 2 heterocycles. The number of carbonyl (C=O) groups is 2. The maximum Gasteiger partial charge on any atom is 0.326 e. The Hall–Kier alpha value is -4.40. The number of nitrogens with one attached hydrogen (secondary N) is 3. The zero-order valence-electron chi connectivity index (χ0n) is 20.0. The van der Waals surface area contributed by atoms with E-state index in [1.807, 2.05) is 37.3 Å². The molecule has 0 fully saturated rings. The Morgan fingerprint density at radius 1 is 1.17 bits per heavy atom. The molecule has 186 valence electrons. The molecule has 1 atom stereocenters. The Labute approximate surface area is 207 Å². The van der Waals surface area contributed by atoms with E-state index in [0.717, 1.165) is 22.5 Å². The summed E-state index contributed by atoms with van der Waals surface area (Å²) in [5.41, 5.74) is 3.88. The van der Waals surface area contributed by atoms with Crippen molar-refractivity contribution in [2.24, 2.45) is 0 Å². The first-order chi connectivity index (χ1) is 17.3. The minimum Gasteiger partial charge on any atom is -0.480 e. The lowest BCUT2D eigenvalue weighted by Gasteiger charge is -2.17. The van der Waals surface area contributed by atoms with Crippen molar-refractivity contribution in [2.75, 3.05) is 5.32 Å². The van der Waals surface area contributed by atoms with Crippen LogP contribution in [0.25, 0.3) is 11.1 Å². The molecule has 9 heteroatoms. The molecule has 2 aromatic heterocycles. The van der Waals surface area contributed by atoms with Crippen LogP contribution in [-0.4, -0.2) is 33.0 Å². The van der Waals surface area contributed by atoms with Crippen LogP contribution in [-0.2, 0) is 24.2 Å². The zero-order chi connectivity index (χ0) is 25.7. The SMILES string of the molecule is CCc1cc(F)cc(C)c1C(=O)NC(Cc1ccc(-c2coc(CNc3ncc[nH]3)c2)cc1)C(=O)O. The van der Waals surface area contributed by atoms with Gasteiger partial charge in [-0.25, -0.2) is 14.2 Å². The van der Waals surface area contributed by atoms with Gasteiger partial charge in [0, 0.05) is 29.9 Å². The van der Waals surface area contributed by atoms with E-state index in [4.69, 9.17) is 4.42 Å². The maximum atomic E-state index is 13.8. The molecule has 0 aliphatic rings. The van der Waals surface area contributed by atoms with E-state index in [2.05, 4.69) is 20.6 Å². The Bertz CT molecular complexity index is 1350. The largest absolute Gasteiger partial charge is 0.480 e. The summed E-state index contributed by atoms with van der Waals surface area (Å²) < 4.78 is 19.4. The standard InChI is InChI=1S/C27H27FN4O4/c1-3-18-12-21(28)10-16(2)24(18)25(33)32-23(26(34)35)11-17-4-6-19(7-5-17)20-13-22(36-15-20)14-31-27-29-8-9-30-27/h4-10,12-13,15,23H,3,11,14H2,1-2H3,(H,32,33)(H,34,35)(H2,29,30,31). The number of furan rings is 1. The van der Waals surface area contributed by atoms with Gasteiger partial charge in [-0.2, -0.15) is 0 Å². The second kappa shape index (κ2) is 10.9. The van der Waals surface area contributed by atoms with Crippen LogP contribution in [0.3, 0.4) is 0 Å². The molecule has 8 nitrogen and oxygen atoms in total. The van der Waals surface area contributed by atoms with Gasteiger partial charge >= 0.3 is 5.97 Å². The molecule has 0 aliphatic carbocycles. The molecule has 4 N–H and O–H groups in total. The summed E-state index contributed by atoms with van der Waals surface area (Å²) in [6, 6.07) is 10.8. The predicted octanol–water partition coefficient (Wildman–Crippen LogP) is 4.72. The Balaban J connectivity index is 1.42. The van der Waals surface area contributed by atoms with Gasteiger partial charge in [-0.05, 0) is 53.8 Å². The lowest BCUT2D eigenvalue weighted by atomic mass is 9.97. The van der Waals surface area contributed by atoms with Crippen molar-refractivity contribution in [3.63, 3.8) is 0 Å². The third-order valence-electron chi connectivity index (χ3n) is 5.90. The van der Waals surface area contributed by atoms with E-state index in [1.54, 1.807) is 25.6 Å². The van der Waals surface area contributed by atoms with Crippen LogP contribution in [0.1, 0.15) is 39.7 Å². The van der Waals surface area contributed by atoms with E-state index in [-0.39, 0.29) is 6.42 Å². The van der Waals surface area contributed by atoms with Crippen molar-refractivity contribution in [1.82, 2.24) is 15.3 Å². The van der Waals surface area contributed by atoms with Gasteiger partial charge in [-0.15, -0.1) is 0 Å². The molecule has 0 spiro atoms. The third kappa shape index (κ3) is 5.80. The highest BCUT2D eigenvalue weighted by molar-refractivity contribution is 5.99.